The molecule has 0 aliphatic carbocycles. The van der Waals surface area contributed by atoms with Gasteiger partial charge < -0.3 is 0 Å². The third-order valence-electron chi connectivity index (χ3n) is 2.21. The van der Waals surface area contributed by atoms with E-state index < -0.39 is 18.4 Å². The second-order valence-electron chi connectivity index (χ2n) is 2.49. The Morgan fingerprint density at radius 3 is 1.20 bits per heavy atom. The van der Waals surface area contributed by atoms with Crippen LogP contribution in [0.15, 0.2) is 0 Å². The van der Waals surface area contributed by atoms with Crippen LogP contribution in [0, 0.1) is 0 Å². The van der Waals surface area contributed by atoms with E-state index in [4.69, 9.17) is 0 Å². The summed E-state index contributed by atoms with van der Waals surface area (Å²) in [5, 5.41) is 0. The summed E-state index contributed by atoms with van der Waals surface area (Å²) >= 11 is -0.499. The molecule has 2 heteroatoms. The molecule has 0 atom stereocenters. The first-order chi connectivity index (χ1) is 4.63. The fourth-order valence-corrected chi connectivity index (χ4v) is 15.0. The average Bonchev–Trinajstić information content (AvgIpc) is 1.92. The van der Waals surface area contributed by atoms with Crippen LogP contribution < -0.4 is 0 Å². The van der Waals surface area contributed by atoms with Gasteiger partial charge >= 0.3 is 73.5 Å². The Balaban J connectivity index is 4.15. The van der Waals surface area contributed by atoms with Crippen LogP contribution in [-0.4, -0.2) is 27.1 Å². The van der Waals surface area contributed by atoms with Crippen LogP contribution in [0.2, 0.25) is 0 Å². The fourth-order valence-electron chi connectivity index (χ4n) is 1.27. The molecule has 0 bridgehead atoms. The maximum atomic E-state index is 2.54. The summed E-state index contributed by atoms with van der Waals surface area (Å²) in [5.74, 6) is 4.45. The number of hydrogen-bond donors (Lipinski definition) is 0. The van der Waals surface area contributed by atoms with Crippen molar-refractivity contribution in [3.63, 3.8) is 0 Å². The van der Waals surface area contributed by atoms with Crippen LogP contribution in [0.1, 0.15) is 20.8 Å². The van der Waals surface area contributed by atoms with Gasteiger partial charge in [0.05, 0.1) is 0 Å². The summed E-state index contributed by atoms with van der Waals surface area (Å²) in [6.07, 6.45) is 0. The average molecular weight is 276 g/mol. The Hall–Kier alpha value is 1.08. The van der Waals surface area contributed by atoms with Gasteiger partial charge in [0.25, 0.3) is 0 Å². The van der Waals surface area contributed by atoms with Gasteiger partial charge in [-0.15, -0.1) is 0 Å². The van der Waals surface area contributed by atoms with Crippen molar-refractivity contribution < 1.29 is 0 Å². The molecule has 0 amide bonds. The molecule has 0 saturated heterocycles. The normalized spacial score (nSPS) is 15.1. The minimum atomic E-state index is -0.499. The van der Waals surface area contributed by atoms with Crippen LogP contribution in [0.25, 0.3) is 0 Å². The monoisotopic (exact) mass is 276 g/mol. The molecule has 0 aromatic carbocycles. The molecule has 0 aliphatic rings. The SMILES string of the molecule is CCS(CC)(CC)I(C)C. The first-order valence-electron chi connectivity index (χ1n) is 3.90. The van der Waals surface area contributed by atoms with Crippen molar-refractivity contribution in [2.75, 3.05) is 27.1 Å². The summed E-state index contributed by atoms with van der Waals surface area (Å²) in [7, 11) is -0.0702. The zero-order chi connectivity index (χ0) is 8.20. The van der Waals surface area contributed by atoms with Crippen molar-refractivity contribution in [2.45, 2.75) is 20.8 Å². The van der Waals surface area contributed by atoms with Crippen molar-refractivity contribution in [2.24, 2.45) is 0 Å². The van der Waals surface area contributed by atoms with Crippen LogP contribution in [0.3, 0.4) is 0 Å². The Morgan fingerprint density at radius 1 is 0.900 bits per heavy atom. The second-order valence-corrected chi connectivity index (χ2v) is 19.8. The summed E-state index contributed by atoms with van der Waals surface area (Å²) in [4.78, 5) is 5.07. The number of rotatable bonds is 4. The van der Waals surface area contributed by atoms with Gasteiger partial charge in [-0.25, -0.2) is 0 Å². The maximum absolute atomic E-state index is 2.54. The zero-order valence-electron chi connectivity index (χ0n) is 7.91. The van der Waals surface area contributed by atoms with E-state index >= 15 is 0 Å². The van der Waals surface area contributed by atoms with Crippen LogP contribution in [-0.2, 0) is 0 Å². The third-order valence-corrected chi connectivity index (χ3v) is 23.4. The molecule has 66 valence electrons. The van der Waals surface area contributed by atoms with Crippen molar-refractivity contribution in [3.8, 4) is 0 Å². The van der Waals surface area contributed by atoms with E-state index in [0.29, 0.717) is 0 Å². The van der Waals surface area contributed by atoms with Gasteiger partial charge in [-0.3, -0.25) is 0 Å². The van der Waals surface area contributed by atoms with Gasteiger partial charge in [-0.1, -0.05) is 0 Å². The van der Waals surface area contributed by atoms with Crippen molar-refractivity contribution in [3.05, 3.63) is 0 Å². The predicted octanol–water partition coefficient (Wildman–Crippen LogP) is 3.53. The number of halogens is 1. The van der Waals surface area contributed by atoms with Crippen molar-refractivity contribution >= 4 is 25.6 Å². The molecule has 0 N–H and O–H groups in total. The first-order valence-corrected chi connectivity index (χ1v) is 12.9. The molecule has 0 unspecified atom stereocenters. The van der Waals surface area contributed by atoms with Crippen LogP contribution in [0.4, 0.5) is 0 Å². The topological polar surface area (TPSA) is 0 Å². The van der Waals surface area contributed by atoms with Gasteiger partial charge in [-0.05, 0) is 0 Å². The molecule has 0 radical (unpaired) electrons. The van der Waals surface area contributed by atoms with E-state index in [9.17, 15) is 0 Å². The van der Waals surface area contributed by atoms with E-state index in [0.717, 1.165) is 0 Å². The van der Waals surface area contributed by atoms with Crippen molar-refractivity contribution in [1.29, 1.82) is 0 Å². The third kappa shape index (κ3) is 2.29. The van der Waals surface area contributed by atoms with E-state index in [2.05, 4.69) is 30.6 Å². The Bertz CT molecular complexity index is 79.0. The molecule has 0 rings (SSSR count). The minimum absolute atomic E-state index is 0.0702. The number of alkyl halides is 2. The van der Waals surface area contributed by atoms with Gasteiger partial charge in [0, 0.05) is 0 Å². The molecule has 0 heterocycles. The zero-order valence-corrected chi connectivity index (χ0v) is 10.9. The molecule has 0 nitrogen and oxygen atoms in total. The quantitative estimate of drug-likeness (QED) is 0.544. The summed E-state index contributed by atoms with van der Waals surface area (Å²) in [6, 6.07) is 0. The summed E-state index contributed by atoms with van der Waals surface area (Å²) in [6.45, 7) is 7.17. The summed E-state index contributed by atoms with van der Waals surface area (Å²) in [5.41, 5.74) is 0. The van der Waals surface area contributed by atoms with E-state index in [1.165, 1.54) is 17.3 Å². The summed E-state index contributed by atoms with van der Waals surface area (Å²) < 4.78 is 0. The van der Waals surface area contributed by atoms with Crippen LogP contribution in [0.5, 0.6) is 0 Å². The molecule has 0 aliphatic heterocycles. The Kier molecular flexibility index (Phi) is 5.38. The molecule has 0 saturated carbocycles. The molecule has 0 spiro atoms. The molecule has 0 aromatic rings. The van der Waals surface area contributed by atoms with Crippen molar-refractivity contribution in [1.82, 2.24) is 0 Å². The first kappa shape index (κ1) is 11.1. The fraction of sp³-hybridized carbons (Fsp3) is 1.00. The molecular weight excluding hydrogens is 255 g/mol. The molecule has 0 fully saturated rings. The van der Waals surface area contributed by atoms with E-state index in [1.54, 1.807) is 0 Å². The molecule has 0 aromatic heterocycles. The second kappa shape index (κ2) is 4.86. The van der Waals surface area contributed by atoms with Gasteiger partial charge in [0.1, 0.15) is 0 Å². The van der Waals surface area contributed by atoms with Gasteiger partial charge in [0.2, 0.25) is 0 Å². The Morgan fingerprint density at radius 2 is 1.20 bits per heavy atom. The van der Waals surface area contributed by atoms with Crippen LogP contribution >= 0.6 is 25.6 Å². The predicted molar refractivity (Wildman–Crippen MR) is 65.1 cm³/mol. The van der Waals surface area contributed by atoms with E-state index in [-0.39, 0.29) is 7.20 Å². The van der Waals surface area contributed by atoms with Gasteiger partial charge in [0.15, 0.2) is 0 Å². The molecular formula is C8H21IS. The van der Waals surface area contributed by atoms with Gasteiger partial charge in [-0.2, -0.15) is 0 Å². The Labute approximate surface area is 73.3 Å². The molecule has 10 heavy (non-hydrogen) atoms. The standard InChI is InChI=1S/C8H21IS/c1-6-10(7-2,8-3)9(4)5/h6-8H2,1-5H3. The number of hydrogen-bond acceptors (Lipinski definition) is 0. The van der Waals surface area contributed by atoms with E-state index in [1.807, 2.05) is 0 Å².